The van der Waals surface area contributed by atoms with Crippen LogP contribution in [0.15, 0.2) is 18.2 Å². The molecule has 1 unspecified atom stereocenters. The van der Waals surface area contributed by atoms with Crippen LogP contribution in [0.1, 0.15) is 18.0 Å². The average molecular weight is 237 g/mol. The van der Waals surface area contributed by atoms with E-state index in [9.17, 15) is 4.79 Å². The fourth-order valence-corrected chi connectivity index (χ4v) is 1.92. The maximum Gasteiger partial charge on any atom is 0.317 e. The Bertz CT molecular complexity index is 419. The van der Waals surface area contributed by atoms with Crippen LogP contribution in [0, 0.1) is 0 Å². The van der Waals surface area contributed by atoms with Gasteiger partial charge >= 0.3 is 5.97 Å². The number of carboxylic acids is 1. The second-order valence-electron chi connectivity index (χ2n) is 3.87. The Morgan fingerprint density at radius 2 is 2.47 bits per heavy atom. The fourth-order valence-electron chi connectivity index (χ4n) is 1.92. The minimum absolute atomic E-state index is 0.00458. The molecule has 5 nitrogen and oxygen atoms in total. The Morgan fingerprint density at radius 1 is 1.65 bits per heavy atom. The zero-order valence-electron chi connectivity index (χ0n) is 9.60. The third-order valence-corrected chi connectivity index (χ3v) is 2.76. The quantitative estimate of drug-likeness (QED) is 0.823. The summed E-state index contributed by atoms with van der Waals surface area (Å²) in [5, 5.41) is 11.7. The van der Waals surface area contributed by atoms with E-state index >= 15 is 0 Å². The third-order valence-electron chi connectivity index (χ3n) is 2.76. The van der Waals surface area contributed by atoms with E-state index in [4.69, 9.17) is 14.6 Å². The first-order chi connectivity index (χ1) is 8.20. The van der Waals surface area contributed by atoms with E-state index in [1.165, 1.54) is 0 Å². The number of rotatable bonds is 4. The second kappa shape index (κ2) is 5.05. The predicted octanol–water partition coefficient (Wildman–Crippen LogP) is 1.19. The summed E-state index contributed by atoms with van der Waals surface area (Å²) in [7, 11) is 1.60. The molecule has 0 amide bonds. The topological polar surface area (TPSA) is 67.8 Å². The van der Waals surface area contributed by atoms with Gasteiger partial charge < -0.3 is 14.6 Å². The molecule has 2 rings (SSSR count). The van der Waals surface area contributed by atoms with Crippen LogP contribution in [-0.2, 0) is 4.79 Å². The Kier molecular flexibility index (Phi) is 3.49. The summed E-state index contributed by atoms with van der Waals surface area (Å²) in [5.74, 6) is 0.678. The number of ether oxygens (including phenoxy) is 2. The summed E-state index contributed by atoms with van der Waals surface area (Å²) in [6.45, 7) is 0.540. The molecule has 1 aromatic rings. The number of hydrogen-bond donors (Lipinski definition) is 2. The van der Waals surface area contributed by atoms with Gasteiger partial charge in [0.25, 0.3) is 0 Å². The van der Waals surface area contributed by atoms with Crippen molar-refractivity contribution in [3.05, 3.63) is 23.8 Å². The molecule has 1 aromatic carbocycles. The van der Waals surface area contributed by atoms with E-state index in [-0.39, 0.29) is 12.6 Å². The lowest BCUT2D eigenvalue weighted by atomic mass is 10.0. The molecule has 1 heterocycles. The molecule has 5 heteroatoms. The smallest absolute Gasteiger partial charge is 0.317 e. The Morgan fingerprint density at radius 3 is 3.18 bits per heavy atom. The molecule has 0 radical (unpaired) electrons. The molecule has 2 N–H and O–H groups in total. The summed E-state index contributed by atoms with van der Waals surface area (Å²) >= 11 is 0. The van der Waals surface area contributed by atoms with Crippen molar-refractivity contribution in [2.45, 2.75) is 12.5 Å². The Labute approximate surface area is 99.3 Å². The highest BCUT2D eigenvalue weighted by atomic mass is 16.5. The molecular weight excluding hydrogens is 222 g/mol. The van der Waals surface area contributed by atoms with Gasteiger partial charge in [-0.05, 0) is 18.2 Å². The summed E-state index contributed by atoms with van der Waals surface area (Å²) in [5.41, 5.74) is 0.955. The van der Waals surface area contributed by atoms with Crippen molar-refractivity contribution in [2.75, 3.05) is 20.3 Å². The lowest BCUT2D eigenvalue weighted by molar-refractivity contribution is -0.136. The second-order valence-corrected chi connectivity index (χ2v) is 3.87. The number of aliphatic carboxylic acids is 1. The van der Waals surface area contributed by atoms with E-state index < -0.39 is 5.97 Å². The van der Waals surface area contributed by atoms with Crippen LogP contribution < -0.4 is 14.8 Å². The molecule has 0 aromatic heterocycles. The third kappa shape index (κ3) is 2.68. The van der Waals surface area contributed by atoms with Gasteiger partial charge in [0, 0.05) is 18.0 Å². The van der Waals surface area contributed by atoms with E-state index in [0.717, 1.165) is 23.5 Å². The molecule has 1 atom stereocenters. The number of methoxy groups -OCH3 is 1. The Hall–Kier alpha value is -1.75. The summed E-state index contributed by atoms with van der Waals surface area (Å²) < 4.78 is 10.7. The van der Waals surface area contributed by atoms with Crippen LogP contribution in [0.3, 0.4) is 0 Å². The summed E-state index contributed by atoms with van der Waals surface area (Å²) in [6.07, 6.45) is 0.757. The van der Waals surface area contributed by atoms with Crippen LogP contribution in [0.5, 0.6) is 11.5 Å². The van der Waals surface area contributed by atoms with Gasteiger partial charge in [-0.3, -0.25) is 10.1 Å². The highest BCUT2D eigenvalue weighted by molar-refractivity contribution is 5.69. The van der Waals surface area contributed by atoms with Crippen molar-refractivity contribution in [1.29, 1.82) is 0 Å². The minimum Gasteiger partial charge on any atom is -0.497 e. The number of hydrogen-bond acceptors (Lipinski definition) is 4. The van der Waals surface area contributed by atoms with Gasteiger partial charge in [-0.2, -0.15) is 0 Å². The SMILES string of the molecule is COc1ccc2c(c1)C(NCC(=O)O)CCO2. The number of carboxylic acid groups (broad SMARTS) is 1. The molecular formula is C12H15NO4. The lowest BCUT2D eigenvalue weighted by Gasteiger charge is -2.26. The first-order valence-electron chi connectivity index (χ1n) is 5.46. The zero-order valence-corrected chi connectivity index (χ0v) is 9.60. The van der Waals surface area contributed by atoms with Gasteiger partial charge in [-0.15, -0.1) is 0 Å². The lowest BCUT2D eigenvalue weighted by Crippen LogP contribution is -2.31. The first-order valence-corrected chi connectivity index (χ1v) is 5.46. The maximum atomic E-state index is 10.6. The number of benzene rings is 1. The molecule has 1 aliphatic rings. The Balaban J connectivity index is 2.19. The van der Waals surface area contributed by atoms with Gasteiger partial charge in [0.1, 0.15) is 11.5 Å². The van der Waals surface area contributed by atoms with E-state index in [2.05, 4.69) is 5.32 Å². The highest BCUT2D eigenvalue weighted by Crippen LogP contribution is 2.34. The van der Waals surface area contributed by atoms with Crippen LogP contribution in [0.4, 0.5) is 0 Å². The normalized spacial score (nSPS) is 18.1. The number of fused-ring (bicyclic) bond motifs is 1. The minimum atomic E-state index is -0.860. The molecule has 0 bridgehead atoms. The molecule has 0 fully saturated rings. The monoisotopic (exact) mass is 237 g/mol. The average Bonchev–Trinajstić information content (AvgIpc) is 2.35. The first kappa shape index (κ1) is 11.7. The van der Waals surface area contributed by atoms with Gasteiger partial charge in [-0.25, -0.2) is 0 Å². The molecule has 1 aliphatic heterocycles. The predicted molar refractivity (Wildman–Crippen MR) is 61.5 cm³/mol. The highest BCUT2D eigenvalue weighted by Gasteiger charge is 2.22. The maximum absolute atomic E-state index is 10.6. The van der Waals surface area contributed by atoms with Crippen molar-refractivity contribution in [3.8, 4) is 11.5 Å². The van der Waals surface area contributed by atoms with Gasteiger partial charge in [0.2, 0.25) is 0 Å². The van der Waals surface area contributed by atoms with Crippen LogP contribution in [0.25, 0.3) is 0 Å². The van der Waals surface area contributed by atoms with Gasteiger partial charge in [0.15, 0.2) is 0 Å². The van der Waals surface area contributed by atoms with E-state index in [0.29, 0.717) is 6.61 Å². The van der Waals surface area contributed by atoms with Crippen molar-refractivity contribution in [2.24, 2.45) is 0 Å². The molecule has 17 heavy (non-hydrogen) atoms. The van der Waals surface area contributed by atoms with Crippen molar-refractivity contribution in [3.63, 3.8) is 0 Å². The summed E-state index contributed by atoms with van der Waals surface area (Å²) in [6, 6.07) is 5.57. The number of carbonyl (C=O) groups is 1. The van der Waals surface area contributed by atoms with Crippen LogP contribution in [-0.4, -0.2) is 31.3 Å². The number of nitrogens with one attached hydrogen (secondary N) is 1. The van der Waals surface area contributed by atoms with Crippen molar-refractivity contribution in [1.82, 2.24) is 5.32 Å². The van der Waals surface area contributed by atoms with Crippen LogP contribution in [0.2, 0.25) is 0 Å². The molecule has 92 valence electrons. The van der Waals surface area contributed by atoms with E-state index in [1.54, 1.807) is 7.11 Å². The van der Waals surface area contributed by atoms with E-state index in [1.807, 2.05) is 18.2 Å². The molecule has 0 spiro atoms. The van der Waals surface area contributed by atoms with Crippen LogP contribution >= 0.6 is 0 Å². The molecule has 0 saturated carbocycles. The standard InChI is InChI=1S/C12H15NO4/c1-16-8-2-3-11-9(6-8)10(4-5-17-11)13-7-12(14)15/h2-3,6,10,13H,4-5,7H2,1H3,(H,14,15). The largest absolute Gasteiger partial charge is 0.497 e. The van der Waals surface area contributed by atoms with Gasteiger partial charge in [0.05, 0.1) is 20.3 Å². The van der Waals surface area contributed by atoms with Gasteiger partial charge in [-0.1, -0.05) is 0 Å². The summed E-state index contributed by atoms with van der Waals surface area (Å²) in [4.78, 5) is 10.6. The molecule has 0 aliphatic carbocycles. The molecule has 0 saturated heterocycles. The zero-order chi connectivity index (χ0) is 12.3. The van der Waals surface area contributed by atoms with Crippen molar-refractivity contribution < 1.29 is 19.4 Å². The van der Waals surface area contributed by atoms with Crippen molar-refractivity contribution >= 4 is 5.97 Å². The fraction of sp³-hybridized carbons (Fsp3) is 0.417.